The van der Waals surface area contributed by atoms with E-state index in [1.807, 2.05) is 0 Å². The third-order valence-electron chi connectivity index (χ3n) is 0.599. The van der Waals surface area contributed by atoms with Gasteiger partial charge in [0.15, 0.2) is 0 Å². The summed E-state index contributed by atoms with van der Waals surface area (Å²) in [5.74, 6) is -1.96. The topological polar surface area (TPSA) is 109 Å². The summed E-state index contributed by atoms with van der Waals surface area (Å²) in [6.07, 6.45) is 0. The van der Waals surface area contributed by atoms with Gasteiger partial charge < -0.3 is 0 Å². The molecule has 0 radical (unpaired) electrons. The fourth-order valence-electron chi connectivity index (χ4n) is 0.211. The van der Waals surface area contributed by atoms with Crippen LogP contribution in [0, 0.1) is 0 Å². The summed E-state index contributed by atoms with van der Waals surface area (Å²) in [6.45, 7) is 0. The van der Waals surface area contributed by atoms with Crippen LogP contribution in [0.15, 0.2) is 0 Å². The van der Waals surface area contributed by atoms with Gasteiger partial charge in [0.05, 0.1) is 11.5 Å². The average molecular weight is 280 g/mol. The minimum atomic E-state index is -4.30. The molecule has 0 aromatic heterocycles. The molecule has 2 N–H and O–H groups in total. The molecule has 9 heteroatoms. The van der Waals surface area contributed by atoms with Gasteiger partial charge in [-0.05, 0) is 0 Å². The van der Waals surface area contributed by atoms with Gasteiger partial charge in [-0.15, -0.1) is 0 Å². The summed E-state index contributed by atoms with van der Waals surface area (Å²) in [5.41, 5.74) is 0. The van der Waals surface area contributed by atoms with Crippen LogP contribution in [0.4, 0.5) is 0 Å². The third kappa shape index (κ3) is 14.2. The predicted octanol–water partition coefficient (Wildman–Crippen LogP) is -2.15. The van der Waals surface area contributed by atoms with Crippen molar-refractivity contribution in [3.63, 3.8) is 0 Å². The van der Waals surface area contributed by atoms with E-state index in [0.717, 1.165) is 0 Å². The van der Waals surface area contributed by atoms with E-state index in [1.54, 1.807) is 0 Å². The van der Waals surface area contributed by atoms with Gasteiger partial charge in [0.1, 0.15) is 0 Å². The van der Waals surface area contributed by atoms with Crippen LogP contribution in [-0.4, -0.2) is 82.9 Å². The van der Waals surface area contributed by atoms with Crippen molar-refractivity contribution in [3.05, 3.63) is 0 Å². The predicted molar refractivity (Wildman–Crippen MR) is 41.4 cm³/mol. The van der Waals surface area contributed by atoms with Crippen LogP contribution >= 0.6 is 0 Å². The van der Waals surface area contributed by atoms with E-state index < -0.39 is 31.7 Å². The summed E-state index contributed by atoms with van der Waals surface area (Å²) < 4.78 is 55.4. The molecule has 0 fully saturated rings. The molecule has 0 amide bonds. The molecule has 11 heavy (non-hydrogen) atoms. The molecule has 0 rings (SSSR count). The second-order valence-electron chi connectivity index (χ2n) is 1.57. The maximum absolute atomic E-state index is 9.86. The molecule has 6 nitrogen and oxygen atoms in total. The van der Waals surface area contributed by atoms with Gasteiger partial charge >= 0.3 is 45.5 Å². The molecule has 0 bridgehead atoms. The molecular formula is C2H8O6S2Sr. The van der Waals surface area contributed by atoms with E-state index in [-0.39, 0.29) is 45.5 Å². The first kappa shape index (κ1) is 14.8. The van der Waals surface area contributed by atoms with Crippen molar-refractivity contribution >= 4 is 65.7 Å². The maximum atomic E-state index is 9.86. The fraction of sp³-hybridized carbons (Fsp3) is 1.00. The number of hydrogen-bond acceptors (Lipinski definition) is 4. The molecule has 0 heterocycles. The Morgan fingerprint density at radius 3 is 1.09 bits per heavy atom. The molecule has 0 aromatic rings. The van der Waals surface area contributed by atoms with Crippen LogP contribution in [0.2, 0.25) is 0 Å². The Balaban J connectivity index is 0. The SMILES string of the molecule is O=S(=O)(O)CCS(=O)(=O)O.[SrH2]. The zero-order valence-corrected chi connectivity index (χ0v) is 6.39. The van der Waals surface area contributed by atoms with Gasteiger partial charge in [-0.25, -0.2) is 0 Å². The van der Waals surface area contributed by atoms with E-state index in [4.69, 9.17) is 9.11 Å². The van der Waals surface area contributed by atoms with Crippen molar-refractivity contribution < 1.29 is 25.9 Å². The Kier molecular flexibility index (Phi) is 6.89. The van der Waals surface area contributed by atoms with Crippen LogP contribution in [0.1, 0.15) is 0 Å². The van der Waals surface area contributed by atoms with Crippen molar-refractivity contribution in [2.24, 2.45) is 0 Å². The van der Waals surface area contributed by atoms with Crippen molar-refractivity contribution in [1.29, 1.82) is 0 Å². The Hall–Kier alpha value is 1.30. The fourth-order valence-corrected chi connectivity index (χ4v) is 1.90. The normalized spacial score (nSPS) is 12.2. The first-order chi connectivity index (χ1) is 4.21. The second kappa shape index (κ2) is 5.12. The molecule has 0 saturated carbocycles. The molecule has 0 aliphatic rings. The van der Waals surface area contributed by atoms with Crippen molar-refractivity contribution in [1.82, 2.24) is 0 Å². The summed E-state index contributed by atoms with van der Waals surface area (Å²) in [7, 11) is -8.59. The van der Waals surface area contributed by atoms with E-state index in [0.29, 0.717) is 0 Å². The summed E-state index contributed by atoms with van der Waals surface area (Å²) in [5, 5.41) is 0. The van der Waals surface area contributed by atoms with Crippen LogP contribution in [0.5, 0.6) is 0 Å². The molecule has 0 unspecified atom stereocenters. The monoisotopic (exact) mass is 280 g/mol. The van der Waals surface area contributed by atoms with Crippen LogP contribution in [0.3, 0.4) is 0 Å². The molecule has 0 aliphatic heterocycles. The molecule has 0 aromatic carbocycles. The van der Waals surface area contributed by atoms with E-state index in [2.05, 4.69) is 0 Å². The molecule has 0 spiro atoms. The molecule has 0 saturated heterocycles. The Bertz CT molecular complexity index is 255. The first-order valence-corrected chi connectivity index (χ1v) is 5.33. The zero-order valence-electron chi connectivity index (χ0n) is 4.76. The average Bonchev–Trinajstić information content (AvgIpc) is 1.57. The molecule has 66 valence electrons. The van der Waals surface area contributed by atoms with Gasteiger partial charge in [0.2, 0.25) is 0 Å². The Labute approximate surface area is 102 Å². The number of hydrogen-bond donors (Lipinski definition) is 2. The number of rotatable bonds is 3. The molecule has 0 atom stereocenters. The van der Waals surface area contributed by atoms with E-state index in [1.165, 1.54) is 0 Å². The van der Waals surface area contributed by atoms with Crippen molar-refractivity contribution in [2.45, 2.75) is 0 Å². The van der Waals surface area contributed by atoms with Crippen molar-refractivity contribution in [2.75, 3.05) is 11.5 Å². The first-order valence-electron chi connectivity index (χ1n) is 2.11. The quantitative estimate of drug-likeness (QED) is 0.450. The van der Waals surface area contributed by atoms with Crippen molar-refractivity contribution in [3.8, 4) is 0 Å². The van der Waals surface area contributed by atoms with Crippen LogP contribution in [-0.2, 0) is 20.2 Å². The Morgan fingerprint density at radius 2 is 1.00 bits per heavy atom. The van der Waals surface area contributed by atoms with Gasteiger partial charge in [-0.1, -0.05) is 0 Å². The van der Waals surface area contributed by atoms with Gasteiger partial charge in [0, 0.05) is 0 Å². The van der Waals surface area contributed by atoms with Gasteiger partial charge in [-0.3, -0.25) is 9.11 Å². The summed E-state index contributed by atoms with van der Waals surface area (Å²) in [6, 6.07) is 0. The third-order valence-corrected chi connectivity index (χ3v) is 2.30. The molecular weight excluding hydrogens is 272 g/mol. The van der Waals surface area contributed by atoms with E-state index >= 15 is 0 Å². The van der Waals surface area contributed by atoms with Crippen LogP contribution < -0.4 is 0 Å². The van der Waals surface area contributed by atoms with Crippen LogP contribution in [0.25, 0.3) is 0 Å². The van der Waals surface area contributed by atoms with Gasteiger partial charge in [0.25, 0.3) is 20.2 Å². The standard InChI is InChI=1S/C2H6O6S2.Sr.2H/c3-9(4,5)1-2-10(6,7)8;;;/h1-2H2,(H,3,4,5)(H,6,7,8);;;. The summed E-state index contributed by atoms with van der Waals surface area (Å²) >= 11 is 0. The zero-order chi connectivity index (χ0) is 8.41. The van der Waals surface area contributed by atoms with E-state index in [9.17, 15) is 16.8 Å². The molecule has 0 aliphatic carbocycles. The van der Waals surface area contributed by atoms with Gasteiger partial charge in [-0.2, -0.15) is 16.8 Å². The second-order valence-corrected chi connectivity index (χ2v) is 4.72. The summed E-state index contributed by atoms with van der Waals surface area (Å²) in [4.78, 5) is 0. The minimum absolute atomic E-state index is 0. The Morgan fingerprint density at radius 1 is 0.818 bits per heavy atom.